The van der Waals surface area contributed by atoms with Crippen LogP contribution in [0.3, 0.4) is 0 Å². The monoisotopic (exact) mass is 807 g/mol. The molecular formula is C62H49N. The fourth-order valence-electron chi connectivity index (χ4n) is 11.5. The molecule has 1 nitrogen and oxygen atoms in total. The van der Waals surface area contributed by atoms with Crippen molar-refractivity contribution in [3.63, 3.8) is 0 Å². The molecule has 0 heterocycles. The molecule has 3 aliphatic rings. The molecule has 0 saturated heterocycles. The summed E-state index contributed by atoms with van der Waals surface area (Å²) in [4.78, 5) is 2.54. The van der Waals surface area contributed by atoms with Crippen molar-refractivity contribution in [1.82, 2.24) is 0 Å². The van der Waals surface area contributed by atoms with Crippen LogP contribution in [0.25, 0.3) is 55.6 Å². The molecule has 0 unspecified atom stereocenters. The van der Waals surface area contributed by atoms with Crippen LogP contribution in [0.15, 0.2) is 206 Å². The Morgan fingerprint density at radius 3 is 1.41 bits per heavy atom. The van der Waals surface area contributed by atoms with Crippen LogP contribution in [0.5, 0.6) is 0 Å². The van der Waals surface area contributed by atoms with E-state index in [9.17, 15) is 0 Å². The van der Waals surface area contributed by atoms with Crippen molar-refractivity contribution in [2.24, 2.45) is 0 Å². The highest BCUT2D eigenvalue weighted by Gasteiger charge is 2.51. The smallest absolute Gasteiger partial charge is 0.0726 e. The van der Waals surface area contributed by atoms with E-state index in [1.165, 1.54) is 94.6 Å². The van der Waals surface area contributed by atoms with Gasteiger partial charge in [0.2, 0.25) is 0 Å². The second-order valence-corrected chi connectivity index (χ2v) is 19.2. The van der Waals surface area contributed by atoms with Gasteiger partial charge in [-0.3, -0.25) is 0 Å². The lowest BCUT2D eigenvalue weighted by molar-refractivity contribution is 0.590. The first-order chi connectivity index (χ1) is 30.7. The summed E-state index contributed by atoms with van der Waals surface area (Å²) < 4.78 is 0. The van der Waals surface area contributed by atoms with E-state index in [-0.39, 0.29) is 10.8 Å². The number of rotatable bonds is 5. The first kappa shape index (κ1) is 37.5. The molecule has 0 amide bonds. The lowest BCUT2D eigenvalue weighted by atomic mass is 9.70. The number of fused-ring (bicyclic) bond motifs is 13. The molecule has 9 aromatic rings. The largest absolute Gasteiger partial charge is 0.310 e. The molecular weight excluding hydrogens is 759 g/mol. The summed E-state index contributed by atoms with van der Waals surface area (Å²) >= 11 is 0. The van der Waals surface area contributed by atoms with E-state index >= 15 is 0 Å². The zero-order chi connectivity index (χ0) is 42.7. The molecule has 1 heteroatoms. The molecule has 63 heavy (non-hydrogen) atoms. The molecule has 0 N–H and O–H groups in total. The minimum absolute atomic E-state index is 0.0642. The maximum absolute atomic E-state index is 2.54. The van der Waals surface area contributed by atoms with E-state index in [4.69, 9.17) is 0 Å². The normalized spacial score (nSPS) is 14.4. The zero-order valence-corrected chi connectivity index (χ0v) is 36.6. The van der Waals surface area contributed by atoms with Crippen LogP contribution < -0.4 is 4.90 Å². The van der Waals surface area contributed by atoms with E-state index in [0.717, 1.165) is 17.1 Å². The molecule has 0 aromatic heterocycles. The maximum atomic E-state index is 2.54. The van der Waals surface area contributed by atoms with Crippen molar-refractivity contribution < 1.29 is 0 Å². The van der Waals surface area contributed by atoms with Crippen LogP contribution in [0.4, 0.5) is 17.1 Å². The van der Waals surface area contributed by atoms with E-state index in [1.54, 1.807) is 0 Å². The molecule has 302 valence electrons. The Balaban J connectivity index is 1.11. The average Bonchev–Trinajstić information content (AvgIpc) is 3.87. The van der Waals surface area contributed by atoms with Gasteiger partial charge >= 0.3 is 0 Å². The number of hydrogen-bond donors (Lipinski definition) is 0. The third-order valence-electron chi connectivity index (χ3n) is 14.5. The molecule has 9 aromatic carbocycles. The van der Waals surface area contributed by atoms with Gasteiger partial charge < -0.3 is 4.90 Å². The van der Waals surface area contributed by atoms with Gasteiger partial charge in [-0.25, -0.2) is 0 Å². The molecule has 0 fully saturated rings. The number of anilines is 3. The third-order valence-corrected chi connectivity index (χ3v) is 14.5. The summed E-state index contributed by atoms with van der Waals surface area (Å²) in [6.45, 7) is 11.7. The van der Waals surface area contributed by atoms with Gasteiger partial charge in [0, 0.05) is 22.4 Å². The van der Waals surface area contributed by atoms with Crippen molar-refractivity contribution in [3.8, 4) is 55.6 Å². The third kappa shape index (κ3) is 5.36. The van der Waals surface area contributed by atoms with E-state index in [2.05, 4.69) is 246 Å². The van der Waals surface area contributed by atoms with Gasteiger partial charge in [-0.15, -0.1) is 0 Å². The Bertz CT molecular complexity index is 3220. The molecule has 0 atom stereocenters. The van der Waals surface area contributed by atoms with Crippen LogP contribution in [0, 0.1) is 0 Å². The van der Waals surface area contributed by atoms with Gasteiger partial charge in [-0.2, -0.15) is 0 Å². The van der Waals surface area contributed by atoms with Crippen LogP contribution >= 0.6 is 0 Å². The molecule has 12 rings (SSSR count). The Labute approximate surface area is 372 Å². The summed E-state index contributed by atoms with van der Waals surface area (Å²) in [6.07, 6.45) is 0. The second kappa shape index (κ2) is 13.6. The Hall–Kier alpha value is -7.22. The van der Waals surface area contributed by atoms with Crippen LogP contribution in [0.2, 0.25) is 0 Å². The molecule has 0 radical (unpaired) electrons. The minimum Gasteiger partial charge on any atom is -0.310 e. The number of hydrogen-bond acceptors (Lipinski definition) is 1. The van der Waals surface area contributed by atoms with Gasteiger partial charge in [-0.1, -0.05) is 211 Å². The van der Waals surface area contributed by atoms with Gasteiger partial charge in [0.05, 0.1) is 11.1 Å². The van der Waals surface area contributed by atoms with Gasteiger partial charge in [-0.05, 0) is 125 Å². The van der Waals surface area contributed by atoms with E-state index in [0.29, 0.717) is 0 Å². The first-order valence-corrected chi connectivity index (χ1v) is 22.4. The van der Waals surface area contributed by atoms with Crippen molar-refractivity contribution in [2.75, 3.05) is 4.90 Å². The lowest BCUT2D eigenvalue weighted by Gasteiger charge is -2.33. The van der Waals surface area contributed by atoms with Crippen LogP contribution in [-0.2, 0) is 16.2 Å². The summed E-state index contributed by atoms with van der Waals surface area (Å²) in [5.41, 5.74) is 25.1. The zero-order valence-electron chi connectivity index (χ0n) is 36.6. The highest BCUT2D eigenvalue weighted by atomic mass is 15.1. The molecule has 0 saturated carbocycles. The second-order valence-electron chi connectivity index (χ2n) is 19.2. The lowest BCUT2D eigenvalue weighted by Crippen LogP contribution is -2.26. The maximum Gasteiger partial charge on any atom is 0.0726 e. The van der Waals surface area contributed by atoms with Crippen molar-refractivity contribution in [2.45, 2.75) is 50.9 Å². The number of nitrogens with zero attached hydrogens (tertiary/aromatic N) is 1. The van der Waals surface area contributed by atoms with E-state index < -0.39 is 5.41 Å². The highest BCUT2D eigenvalue weighted by Crippen LogP contribution is 2.63. The Kier molecular flexibility index (Phi) is 8.13. The topological polar surface area (TPSA) is 3.24 Å². The van der Waals surface area contributed by atoms with Crippen LogP contribution in [0.1, 0.15) is 73.6 Å². The average molecular weight is 808 g/mol. The van der Waals surface area contributed by atoms with Crippen molar-refractivity contribution in [3.05, 3.63) is 245 Å². The summed E-state index contributed by atoms with van der Waals surface area (Å²) in [5.74, 6) is 0. The standard InChI is InChI=1S/C62H49N/c1-60(2,3)42-32-30-41(31-33-42)45-20-12-16-29-58(45)63(43-35-37-51-56(38-43)61(4,5)55-28-17-24-46(59(51)55)40-18-7-6-8-19-40)44-34-36-50-49-23-11-15-27-54(49)62(57(50)39-44)52-25-13-9-21-47(52)48-22-10-14-26-53(48)62/h6-39H,1-5H3. The Morgan fingerprint density at radius 1 is 0.349 bits per heavy atom. The Morgan fingerprint density at radius 2 is 0.810 bits per heavy atom. The minimum atomic E-state index is -0.446. The molecule has 0 aliphatic heterocycles. The fourth-order valence-corrected chi connectivity index (χ4v) is 11.5. The molecule has 0 bridgehead atoms. The van der Waals surface area contributed by atoms with Gasteiger partial charge in [0.25, 0.3) is 0 Å². The fraction of sp³-hybridized carbons (Fsp3) is 0.129. The quantitative estimate of drug-likeness (QED) is 0.167. The predicted octanol–water partition coefficient (Wildman–Crippen LogP) is 16.4. The molecule has 1 spiro atoms. The van der Waals surface area contributed by atoms with Gasteiger partial charge in [0.15, 0.2) is 0 Å². The van der Waals surface area contributed by atoms with Crippen LogP contribution in [-0.4, -0.2) is 0 Å². The first-order valence-electron chi connectivity index (χ1n) is 22.4. The summed E-state index contributed by atoms with van der Waals surface area (Å²) in [5, 5.41) is 0. The predicted molar refractivity (Wildman–Crippen MR) is 265 cm³/mol. The van der Waals surface area contributed by atoms with Gasteiger partial charge in [0.1, 0.15) is 0 Å². The van der Waals surface area contributed by atoms with E-state index in [1.807, 2.05) is 0 Å². The number of benzene rings is 9. The summed E-state index contributed by atoms with van der Waals surface area (Å²) in [6, 6.07) is 77.8. The molecule has 3 aliphatic carbocycles. The number of para-hydroxylation sites is 1. The van der Waals surface area contributed by atoms with Crippen molar-refractivity contribution >= 4 is 17.1 Å². The van der Waals surface area contributed by atoms with Crippen molar-refractivity contribution in [1.29, 1.82) is 0 Å². The highest BCUT2D eigenvalue weighted by molar-refractivity contribution is 5.98. The SMILES string of the molecule is CC(C)(C)c1ccc(-c2ccccc2N(c2ccc3c(c2)C(C)(C)c2cccc(-c4ccccc4)c2-3)c2ccc3c(c2)C2(c4ccccc4-c4ccccc42)c2ccccc2-3)cc1. The summed E-state index contributed by atoms with van der Waals surface area (Å²) in [7, 11) is 0.